The van der Waals surface area contributed by atoms with E-state index in [0.717, 1.165) is 60.7 Å². The molecule has 0 amide bonds. The lowest BCUT2D eigenvalue weighted by Gasteiger charge is -2.58. The van der Waals surface area contributed by atoms with Gasteiger partial charge in [0.15, 0.2) is 0 Å². The first-order valence-electron chi connectivity index (χ1n) is 43.3. The maximum absolute atomic E-state index is 8.03. The topological polar surface area (TPSA) is 0 Å². The van der Waals surface area contributed by atoms with Crippen LogP contribution in [0, 0.1) is 117 Å². The molecule has 11 fully saturated rings. The molecule has 0 bridgehead atoms. The van der Waals surface area contributed by atoms with Gasteiger partial charge in [0.05, 0.1) is 0 Å². The Bertz CT molecular complexity index is 2120. The molecule has 552 valence electrons. The molecule has 0 heterocycles. The maximum Gasteiger partial charge on any atom is 0.0300 e. The lowest BCUT2D eigenvalue weighted by molar-refractivity contribution is -0.0743. The molecule has 11 saturated carbocycles. The Kier molecular flexibility index (Phi) is 29.2. The molecular formula is C93H180. The first-order chi connectivity index (χ1) is 43.3. The molecule has 0 heteroatoms. The van der Waals surface area contributed by atoms with E-state index in [1.54, 1.807) is 32.6 Å². The third-order valence-corrected chi connectivity index (χ3v) is 30.5. The van der Waals surface area contributed by atoms with Crippen molar-refractivity contribution in [1.82, 2.24) is 0 Å². The van der Waals surface area contributed by atoms with Gasteiger partial charge in [-0.2, -0.15) is 0 Å². The highest BCUT2D eigenvalue weighted by atomic mass is 14.6. The molecule has 11 rings (SSSR count). The normalized spacial score (nSPS) is 31.6. The molecule has 0 aliphatic heterocycles. The Hall–Kier alpha value is 0. The van der Waals surface area contributed by atoms with Gasteiger partial charge in [-0.15, -0.1) is 0 Å². The second-order valence-electron chi connectivity index (χ2n) is 45.5. The Morgan fingerprint density at radius 1 is 0.258 bits per heavy atom. The van der Waals surface area contributed by atoms with Gasteiger partial charge in [0.25, 0.3) is 0 Å². The van der Waals surface area contributed by atoms with E-state index >= 15 is 0 Å². The molecule has 0 aromatic rings. The smallest absolute Gasteiger partial charge is 0.0300 e. The van der Waals surface area contributed by atoms with Crippen molar-refractivity contribution >= 4 is 0 Å². The van der Waals surface area contributed by atoms with Crippen LogP contribution in [0.15, 0.2) is 0 Å². The van der Waals surface area contributed by atoms with E-state index < -0.39 is 6.37 Å². The fraction of sp³-hybridized carbons (Fsp3) is 1.00. The van der Waals surface area contributed by atoms with Crippen LogP contribution in [0.1, 0.15) is 481 Å². The zero-order valence-electron chi connectivity index (χ0n) is 73.4. The van der Waals surface area contributed by atoms with Gasteiger partial charge in [0.1, 0.15) is 0 Å². The van der Waals surface area contributed by atoms with Crippen LogP contribution < -0.4 is 0 Å². The first-order valence-corrected chi connectivity index (χ1v) is 41.8. The molecule has 0 aromatic carbocycles. The van der Waals surface area contributed by atoms with Crippen molar-refractivity contribution in [2.45, 2.75) is 477 Å². The molecule has 0 aromatic heterocycles. The summed E-state index contributed by atoms with van der Waals surface area (Å²) in [7, 11) is 0. The maximum atomic E-state index is 8.03. The van der Waals surface area contributed by atoms with E-state index in [9.17, 15) is 0 Å². The molecule has 0 unspecified atom stereocenters. The lowest BCUT2D eigenvalue weighted by atomic mass is 9.47. The van der Waals surface area contributed by atoms with Crippen molar-refractivity contribution in [2.75, 3.05) is 0 Å². The molecule has 0 N–H and O–H groups in total. The van der Waals surface area contributed by atoms with Gasteiger partial charge in [-0.3, -0.25) is 0 Å². The first kappa shape index (κ1) is 80.3. The summed E-state index contributed by atoms with van der Waals surface area (Å²) in [5, 5.41) is 0. The van der Waals surface area contributed by atoms with Crippen molar-refractivity contribution in [1.29, 1.82) is 0 Å². The molecule has 93 heavy (non-hydrogen) atoms. The van der Waals surface area contributed by atoms with Crippen LogP contribution in [0.3, 0.4) is 0 Å². The summed E-state index contributed by atoms with van der Waals surface area (Å²) >= 11 is 0. The van der Waals surface area contributed by atoms with Gasteiger partial charge in [-0.25, -0.2) is 0 Å². The highest BCUT2D eigenvalue weighted by Crippen LogP contribution is 2.62. The largest absolute Gasteiger partial charge is 0.0649 e. The average molecular weight is 1300 g/mol. The Morgan fingerprint density at radius 3 is 0.849 bits per heavy atom. The summed E-state index contributed by atoms with van der Waals surface area (Å²) in [5.74, 6) is 4.40. The fourth-order valence-electron chi connectivity index (χ4n) is 24.0. The van der Waals surface area contributed by atoms with Crippen LogP contribution in [0.4, 0.5) is 0 Å². The summed E-state index contributed by atoms with van der Waals surface area (Å²) in [4.78, 5) is 0. The molecule has 11 aliphatic carbocycles. The van der Waals surface area contributed by atoms with Gasteiger partial charge in [0.2, 0.25) is 0 Å². The van der Waals surface area contributed by atoms with Crippen LogP contribution in [0.25, 0.3) is 0 Å². The zero-order chi connectivity index (χ0) is 73.4. The van der Waals surface area contributed by atoms with Crippen molar-refractivity contribution in [3.63, 3.8) is 0 Å². The zero-order valence-corrected chi connectivity index (χ0v) is 70.4. The second-order valence-corrected chi connectivity index (χ2v) is 45.5. The van der Waals surface area contributed by atoms with E-state index in [-0.39, 0.29) is 11.3 Å². The van der Waals surface area contributed by atoms with E-state index in [4.69, 9.17) is 4.11 Å². The van der Waals surface area contributed by atoms with Crippen LogP contribution in [-0.4, -0.2) is 0 Å². The summed E-state index contributed by atoms with van der Waals surface area (Å²) in [6, 6.07) is 0. The summed E-state index contributed by atoms with van der Waals surface area (Å²) in [6.45, 7) is 71.5. The highest BCUT2D eigenvalue weighted by molar-refractivity contribution is 5.02. The van der Waals surface area contributed by atoms with E-state index in [2.05, 4.69) is 201 Å². The average Bonchev–Trinajstić information content (AvgIpc) is 0.891. The Labute approximate surface area is 595 Å². The van der Waals surface area contributed by atoms with E-state index in [1.165, 1.54) is 212 Å². The van der Waals surface area contributed by atoms with Gasteiger partial charge < -0.3 is 0 Å². The summed E-state index contributed by atoms with van der Waals surface area (Å²) in [6.07, 6.45) is 56.9. The Balaban J connectivity index is 0.000000234. The minimum Gasteiger partial charge on any atom is -0.0649 e. The lowest BCUT2D eigenvalue weighted by Crippen LogP contribution is -2.48. The third-order valence-electron chi connectivity index (χ3n) is 30.5. The molecule has 0 nitrogen and oxygen atoms in total. The minimum atomic E-state index is -0.983. The quantitative estimate of drug-likeness (QED) is 0.245. The van der Waals surface area contributed by atoms with E-state index in [0.29, 0.717) is 70.4 Å². The SMILES string of the molecule is CC1(C)CCC(C)(C)CC1.CC1C(C)(C)CC(C)(C)CC1(C)C.CC1C(C)(C)CC2(CCCCC2)CC1(C)C.CC1C(C)(C)CCCC1(C)C.CC1CC(C)(C)CC(C)(C)C1.CC1CCC2(CCCCC2)CC1.[2H]C([2H])(C)C1(C)CCCC1.[2H]C1(C)CCC2(CCCCC2)CC1. The number of hydrogen-bond acceptors (Lipinski definition) is 0. The predicted octanol–water partition coefficient (Wildman–Crippen LogP) is 32.5. The number of rotatable bonds is 1. The predicted molar refractivity (Wildman–Crippen MR) is 422 cm³/mol. The van der Waals surface area contributed by atoms with Gasteiger partial charge in [0, 0.05) is 4.11 Å². The van der Waals surface area contributed by atoms with E-state index in [1.807, 2.05) is 0 Å². The molecule has 0 saturated heterocycles. The van der Waals surface area contributed by atoms with Crippen LogP contribution >= 0.6 is 0 Å². The van der Waals surface area contributed by atoms with Crippen molar-refractivity contribution in [2.24, 2.45) is 117 Å². The van der Waals surface area contributed by atoms with Crippen LogP contribution in [-0.2, 0) is 0 Å². The molecule has 3 spiro atoms. The van der Waals surface area contributed by atoms with Crippen molar-refractivity contribution in [3.8, 4) is 0 Å². The highest BCUT2D eigenvalue weighted by Gasteiger charge is 2.52. The molecule has 0 radical (unpaired) electrons. The third kappa shape index (κ3) is 27.7. The van der Waals surface area contributed by atoms with Crippen molar-refractivity contribution in [3.05, 3.63) is 0 Å². The monoisotopic (exact) mass is 1300 g/mol. The molecule has 0 atom stereocenters. The van der Waals surface area contributed by atoms with Crippen LogP contribution in [0.5, 0.6) is 0 Å². The second kappa shape index (κ2) is 33.9. The van der Waals surface area contributed by atoms with Gasteiger partial charge in [-0.1, -0.05) is 317 Å². The summed E-state index contributed by atoms with van der Waals surface area (Å²) in [5.41, 5.74) is 8.40. The van der Waals surface area contributed by atoms with Crippen LogP contribution in [0.2, 0.25) is 0 Å². The summed E-state index contributed by atoms with van der Waals surface area (Å²) < 4.78 is 23.2. The van der Waals surface area contributed by atoms with Gasteiger partial charge in [-0.05, 0) is 277 Å². The molecular weight excluding hydrogens is 1120 g/mol. The molecule has 11 aliphatic rings. The van der Waals surface area contributed by atoms with Gasteiger partial charge >= 0.3 is 0 Å². The number of hydrogen-bond donors (Lipinski definition) is 0. The minimum absolute atomic E-state index is 0.0347. The van der Waals surface area contributed by atoms with Crippen molar-refractivity contribution < 1.29 is 4.11 Å². The Morgan fingerprint density at radius 2 is 0.548 bits per heavy atom. The fourth-order valence-corrected chi connectivity index (χ4v) is 24.0. The standard InChI is InChI=1S/C16H30.C13H26.2C12H22.2C11H22.C10H20.C8H16/c1-13-14(2,3)11-16(12-15(13,4)5)9-7-6-8-10-16;1-10-12(4,5)8-11(2,3)9-13(10,6)7;2*1-11-5-9-12(10-6-11)7-3-2-4-8-12;1-9-6-10(2,3)8-11(4,5)7-9;1-9-10(2,3)7-6-8-11(9,4)5;1-9(2)5-7-10(3,4)8-6-9;1-3-8(2)6-4-5-7-8/h13H,6-12H2,1-5H3;10H,8-9H2,1-7H3;2*11H,2-10H2,1H3;2*9H,6-8H2,1-5H3;5-8H2,1-4H3;3-7H2,1-2H3/i;;11D;;;;;3D2.